The van der Waals surface area contributed by atoms with Gasteiger partial charge in [-0.3, -0.25) is 4.79 Å². The second-order valence-corrected chi connectivity index (χ2v) is 6.94. The molecule has 2 N–H and O–H groups in total. The molecular weight excluding hydrogens is 357 g/mol. The third-order valence-electron chi connectivity index (χ3n) is 3.24. The van der Waals surface area contributed by atoms with E-state index in [9.17, 15) is 26.4 Å². The van der Waals surface area contributed by atoms with E-state index >= 15 is 0 Å². The van der Waals surface area contributed by atoms with E-state index in [-0.39, 0.29) is 10.6 Å². The Hall–Kier alpha value is -2.39. The third-order valence-corrected chi connectivity index (χ3v) is 4.79. The molecule has 0 aliphatic rings. The number of alkyl halides is 3. The highest BCUT2D eigenvalue weighted by Crippen LogP contribution is 2.30. The van der Waals surface area contributed by atoms with E-state index in [2.05, 4.69) is 10.0 Å². The number of anilines is 1. The van der Waals surface area contributed by atoms with Crippen LogP contribution in [0.1, 0.15) is 12.5 Å². The predicted octanol–water partition coefficient (Wildman–Crippen LogP) is 3.01. The van der Waals surface area contributed by atoms with Crippen LogP contribution in [0.5, 0.6) is 0 Å². The van der Waals surface area contributed by atoms with Gasteiger partial charge in [-0.25, -0.2) is 8.42 Å². The van der Waals surface area contributed by atoms with Gasteiger partial charge in [-0.2, -0.15) is 17.9 Å². The Balaban J connectivity index is 2.09. The van der Waals surface area contributed by atoms with E-state index in [0.717, 1.165) is 18.2 Å². The molecule has 5 nitrogen and oxygen atoms in total. The van der Waals surface area contributed by atoms with E-state index < -0.39 is 33.7 Å². The van der Waals surface area contributed by atoms with Crippen molar-refractivity contribution >= 4 is 21.6 Å². The summed E-state index contributed by atoms with van der Waals surface area (Å²) in [5.74, 6) is -0.779. The summed E-state index contributed by atoms with van der Waals surface area (Å²) in [4.78, 5) is 12.0. The monoisotopic (exact) mass is 372 g/mol. The van der Waals surface area contributed by atoms with Crippen molar-refractivity contribution < 1.29 is 26.4 Å². The molecule has 0 fully saturated rings. The van der Waals surface area contributed by atoms with Gasteiger partial charge >= 0.3 is 6.18 Å². The number of carbonyl (C=O) groups is 1. The van der Waals surface area contributed by atoms with E-state index in [1.54, 1.807) is 6.07 Å². The molecule has 0 bridgehead atoms. The predicted molar refractivity (Wildman–Crippen MR) is 86.3 cm³/mol. The first-order valence-corrected chi connectivity index (χ1v) is 8.63. The molecule has 0 spiro atoms. The molecule has 0 saturated carbocycles. The summed E-state index contributed by atoms with van der Waals surface area (Å²) in [7, 11) is -3.92. The van der Waals surface area contributed by atoms with Gasteiger partial charge in [-0.15, -0.1) is 0 Å². The molecule has 1 atom stereocenters. The van der Waals surface area contributed by atoms with Gasteiger partial charge < -0.3 is 5.32 Å². The molecule has 134 valence electrons. The van der Waals surface area contributed by atoms with Crippen LogP contribution in [0.2, 0.25) is 0 Å². The first-order valence-electron chi connectivity index (χ1n) is 7.15. The van der Waals surface area contributed by atoms with Crippen LogP contribution in [0, 0.1) is 0 Å². The maximum Gasteiger partial charge on any atom is 0.416 e. The van der Waals surface area contributed by atoms with Gasteiger partial charge in [0.25, 0.3) is 0 Å². The maximum atomic E-state index is 12.7. The second kappa shape index (κ2) is 7.24. The number of sulfonamides is 1. The van der Waals surface area contributed by atoms with E-state index in [0.29, 0.717) is 0 Å². The first kappa shape index (κ1) is 18.9. The van der Waals surface area contributed by atoms with E-state index in [4.69, 9.17) is 0 Å². The van der Waals surface area contributed by atoms with Crippen LogP contribution in [0.15, 0.2) is 59.5 Å². The van der Waals surface area contributed by atoms with Gasteiger partial charge in [0.15, 0.2) is 0 Å². The number of hydrogen-bond donors (Lipinski definition) is 2. The molecule has 0 aliphatic heterocycles. The fourth-order valence-electron chi connectivity index (χ4n) is 1.98. The number of benzene rings is 2. The number of nitrogens with one attached hydrogen (secondary N) is 2. The van der Waals surface area contributed by atoms with Gasteiger partial charge in [-0.05, 0) is 37.3 Å². The summed E-state index contributed by atoms with van der Waals surface area (Å²) in [6.07, 6.45) is -4.54. The zero-order chi connectivity index (χ0) is 18.7. The molecule has 2 aromatic carbocycles. The molecule has 0 aromatic heterocycles. The van der Waals surface area contributed by atoms with Crippen molar-refractivity contribution in [1.29, 1.82) is 0 Å². The number of rotatable bonds is 5. The first-order chi connectivity index (χ1) is 11.6. The Morgan fingerprint density at radius 2 is 1.68 bits per heavy atom. The average molecular weight is 372 g/mol. The Bertz CT molecular complexity index is 852. The minimum absolute atomic E-state index is 0.0197. The molecule has 0 heterocycles. The van der Waals surface area contributed by atoms with Crippen LogP contribution in [-0.4, -0.2) is 20.4 Å². The fraction of sp³-hybridized carbons (Fsp3) is 0.188. The van der Waals surface area contributed by atoms with Crippen molar-refractivity contribution in [3.05, 3.63) is 60.2 Å². The minimum atomic E-state index is -4.54. The number of hydrogen-bond acceptors (Lipinski definition) is 3. The number of amides is 1. The SMILES string of the molecule is CC(NS(=O)(=O)c1ccccc1)C(=O)Nc1cccc(C(F)(F)F)c1. The van der Waals surface area contributed by atoms with Crippen molar-refractivity contribution in [2.24, 2.45) is 0 Å². The van der Waals surface area contributed by atoms with Crippen molar-refractivity contribution in [3.63, 3.8) is 0 Å². The fourth-order valence-corrected chi connectivity index (χ4v) is 3.20. The van der Waals surface area contributed by atoms with Gasteiger partial charge in [0, 0.05) is 5.69 Å². The zero-order valence-electron chi connectivity index (χ0n) is 13.0. The molecule has 25 heavy (non-hydrogen) atoms. The largest absolute Gasteiger partial charge is 0.416 e. The standard InChI is InChI=1S/C16H15F3N2O3S/c1-11(21-25(23,24)14-8-3-2-4-9-14)15(22)20-13-7-5-6-12(10-13)16(17,18)19/h2-11,21H,1H3,(H,20,22). The Kier molecular flexibility index (Phi) is 5.48. The molecule has 2 rings (SSSR count). The molecule has 0 aliphatic carbocycles. The van der Waals surface area contributed by atoms with E-state index in [1.807, 2.05) is 0 Å². The highest BCUT2D eigenvalue weighted by Gasteiger charge is 2.30. The molecule has 2 aromatic rings. The topological polar surface area (TPSA) is 75.3 Å². The molecule has 9 heteroatoms. The summed E-state index contributed by atoms with van der Waals surface area (Å²) in [5, 5.41) is 2.26. The van der Waals surface area contributed by atoms with Crippen LogP contribution in [0.4, 0.5) is 18.9 Å². The molecular formula is C16H15F3N2O3S. The lowest BCUT2D eigenvalue weighted by molar-refractivity contribution is -0.137. The number of halogens is 3. The molecule has 1 amide bonds. The highest BCUT2D eigenvalue weighted by atomic mass is 32.2. The summed E-state index contributed by atoms with van der Waals surface area (Å²) in [5.41, 5.74) is -0.992. The second-order valence-electron chi connectivity index (χ2n) is 5.22. The van der Waals surface area contributed by atoms with Crippen LogP contribution >= 0.6 is 0 Å². The zero-order valence-corrected chi connectivity index (χ0v) is 13.9. The maximum absolute atomic E-state index is 12.7. The molecule has 0 radical (unpaired) electrons. The van der Waals surface area contributed by atoms with Crippen molar-refractivity contribution in [3.8, 4) is 0 Å². The van der Waals surface area contributed by atoms with Crippen molar-refractivity contribution in [2.45, 2.75) is 24.0 Å². The van der Waals surface area contributed by atoms with Gasteiger partial charge in [-0.1, -0.05) is 24.3 Å². The van der Waals surface area contributed by atoms with Gasteiger partial charge in [0.05, 0.1) is 16.5 Å². The smallest absolute Gasteiger partial charge is 0.325 e. The molecule has 0 saturated heterocycles. The summed E-state index contributed by atoms with van der Waals surface area (Å²) < 4.78 is 64.5. The minimum Gasteiger partial charge on any atom is -0.325 e. The summed E-state index contributed by atoms with van der Waals surface area (Å²) >= 11 is 0. The molecule has 1 unspecified atom stereocenters. The van der Waals surface area contributed by atoms with Crippen LogP contribution < -0.4 is 10.0 Å². The van der Waals surface area contributed by atoms with Crippen molar-refractivity contribution in [2.75, 3.05) is 5.32 Å². The van der Waals surface area contributed by atoms with Crippen LogP contribution in [-0.2, 0) is 21.0 Å². The van der Waals surface area contributed by atoms with Crippen LogP contribution in [0.3, 0.4) is 0 Å². The lowest BCUT2D eigenvalue weighted by atomic mass is 10.2. The lowest BCUT2D eigenvalue weighted by Gasteiger charge is -2.15. The third kappa shape index (κ3) is 5.04. The van der Waals surface area contributed by atoms with E-state index in [1.165, 1.54) is 37.3 Å². The quantitative estimate of drug-likeness (QED) is 0.847. The Morgan fingerprint density at radius 3 is 2.28 bits per heavy atom. The average Bonchev–Trinajstić information content (AvgIpc) is 2.54. The van der Waals surface area contributed by atoms with Gasteiger partial charge in [0.2, 0.25) is 15.9 Å². The normalized spacial score (nSPS) is 13.3. The number of carbonyl (C=O) groups excluding carboxylic acids is 1. The summed E-state index contributed by atoms with van der Waals surface area (Å²) in [6, 6.07) is 10.3. The Morgan fingerprint density at radius 1 is 1.04 bits per heavy atom. The highest BCUT2D eigenvalue weighted by molar-refractivity contribution is 7.89. The van der Waals surface area contributed by atoms with Crippen LogP contribution in [0.25, 0.3) is 0 Å². The Labute approximate surface area is 142 Å². The van der Waals surface area contributed by atoms with Crippen molar-refractivity contribution in [1.82, 2.24) is 4.72 Å². The van der Waals surface area contributed by atoms with Gasteiger partial charge in [0.1, 0.15) is 0 Å². The summed E-state index contributed by atoms with van der Waals surface area (Å²) in [6.45, 7) is 1.30. The lowest BCUT2D eigenvalue weighted by Crippen LogP contribution is -2.41.